The second-order valence-corrected chi connectivity index (χ2v) is 6.02. The summed E-state index contributed by atoms with van der Waals surface area (Å²) in [6.07, 6.45) is 0. The maximum atomic E-state index is 13.8. The van der Waals surface area contributed by atoms with E-state index < -0.39 is 0 Å². The summed E-state index contributed by atoms with van der Waals surface area (Å²) in [7, 11) is 0. The number of alkyl halides is 1. The Balaban J connectivity index is 2.32. The third-order valence-corrected chi connectivity index (χ3v) is 4.24. The van der Waals surface area contributed by atoms with E-state index in [1.165, 1.54) is 11.6 Å². The van der Waals surface area contributed by atoms with Crippen LogP contribution >= 0.6 is 34.2 Å². The SMILES string of the molecule is Cc1ccc(-n2c(CCl)nc3cc(I)c(F)cc32)cc1. The summed E-state index contributed by atoms with van der Waals surface area (Å²) in [6.45, 7) is 2.03. The molecule has 0 N–H and O–H groups in total. The molecule has 0 unspecified atom stereocenters. The average molecular weight is 401 g/mol. The van der Waals surface area contributed by atoms with Crippen molar-refractivity contribution in [3.05, 3.63) is 57.2 Å². The summed E-state index contributed by atoms with van der Waals surface area (Å²) < 4.78 is 16.3. The summed E-state index contributed by atoms with van der Waals surface area (Å²) in [5.41, 5.74) is 3.61. The van der Waals surface area contributed by atoms with Crippen LogP contribution in [-0.2, 0) is 5.88 Å². The van der Waals surface area contributed by atoms with Crippen molar-refractivity contribution >= 4 is 45.2 Å². The minimum absolute atomic E-state index is 0.243. The lowest BCUT2D eigenvalue weighted by molar-refractivity contribution is 0.622. The number of fused-ring (bicyclic) bond motifs is 1. The largest absolute Gasteiger partial charge is 0.295 e. The molecule has 0 saturated heterocycles. The number of aromatic nitrogens is 2. The van der Waals surface area contributed by atoms with Gasteiger partial charge in [0.25, 0.3) is 0 Å². The molecule has 0 radical (unpaired) electrons. The van der Waals surface area contributed by atoms with E-state index in [4.69, 9.17) is 11.6 Å². The van der Waals surface area contributed by atoms with E-state index >= 15 is 0 Å². The van der Waals surface area contributed by atoms with Crippen molar-refractivity contribution in [1.29, 1.82) is 0 Å². The fourth-order valence-corrected chi connectivity index (χ4v) is 2.82. The second kappa shape index (κ2) is 5.33. The quantitative estimate of drug-likeness (QED) is 0.446. The summed E-state index contributed by atoms with van der Waals surface area (Å²) in [4.78, 5) is 4.49. The highest BCUT2D eigenvalue weighted by Gasteiger charge is 2.14. The van der Waals surface area contributed by atoms with Gasteiger partial charge in [-0.15, -0.1) is 11.6 Å². The van der Waals surface area contributed by atoms with Gasteiger partial charge in [0.05, 0.1) is 20.5 Å². The molecule has 20 heavy (non-hydrogen) atoms. The maximum Gasteiger partial charge on any atom is 0.138 e. The van der Waals surface area contributed by atoms with Crippen LogP contribution in [0.5, 0.6) is 0 Å². The van der Waals surface area contributed by atoms with Gasteiger partial charge in [0.2, 0.25) is 0 Å². The number of hydrogen-bond acceptors (Lipinski definition) is 1. The van der Waals surface area contributed by atoms with Crippen molar-refractivity contribution in [2.45, 2.75) is 12.8 Å². The highest BCUT2D eigenvalue weighted by atomic mass is 127. The van der Waals surface area contributed by atoms with E-state index in [0.29, 0.717) is 9.39 Å². The van der Waals surface area contributed by atoms with Gasteiger partial charge in [-0.1, -0.05) is 17.7 Å². The highest BCUT2D eigenvalue weighted by molar-refractivity contribution is 14.1. The molecule has 2 nitrogen and oxygen atoms in total. The summed E-state index contributed by atoms with van der Waals surface area (Å²) in [5, 5.41) is 0. The summed E-state index contributed by atoms with van der Waals surface area (Å²) in [5.74, 6) is 0.750. The van der Waals surface area contributed by atoms with Crippen LogP contribution in [0.1, 0.15) is 11.4 Å². The van der Waals surface area contributed by atoms with Crippen LogP contribution in [0.3, 0.4) is 0 Å². The van der Waals surface area contributed by atoms with Crippen LogP contribution in [0.4, 0.5) is 4.39 Å². The van der Waals surface area contributed by atoms with Gasteiger partial charge in [0.15, 0.2) is 0 Å². The molecule has 2 aromatic carbocycles. The van der Waals surface area contributed by atoms with E-state index in [1.807, 2.05) is 58.3 Å². The van der Waals surface area contributed by atoms with Gasteiger partial charge in [-0.3, -0.25) is 4.57 Å². The van der Waals surface area contributed by atoms with Crippen LogP contribution in [0.15, 0.2) is 36.4 Å². The molecular weight excluding hydrogens is 390 g/mol. The van der Waals surface area contributed by atoms with Crippen LogP contribution in [0.2, 0.25) is 0 Å². The van der Waals surface area contributed by atoms with Gasteiger partial charge in [0.1, 0.15) is 11.6 Å². The molecule has 3 aromatic rings. The number of aryl methyl sites for hydroxylation is 1. The normalized spacial score (nSPS) is 11.2. The third kappa shape index (κ3) is 2.31. The molecule has 0 fully saturated rings. The van der Waals surface area contributed by atoms with Gasteiger partial charge in [-0.25, -0.2) is 9.37 Å². The number of hydrogen-bond donors (Lipinski definition) is 0. The Bertz CT molecular complexity index is 781. The van der Waals surface area contributed by atoms with Crippen LogP contribution in [0, 0.1) is 16.3 Å². The van der Waals surface area contributed by atoms with Crippen molar-refractivity contribution in [1.82, 2.24) is 9.55 Å². The van der Waals surface area contributed by atoms with Gasteiger partial charge >= 0.3 is 0 Å². The molecule has 0 atom stereocenters. The van der Waals surface area contributed by atoms with Gasteiger partial charge in [0, 0.05) is 11.8 Å². The lowest BCUT2D eigenvalue weighted by atomic mass is 10.2. The molecule has 0 saturated carbocycles. The smallest absolute Gasteiger partial charge is 0.138 e. The Labute approximate surface area is 134 Å². The lowest BCUT2D eigenvalue weighted by Gasteiger charge is -2.08. The Hall–Kier alpha value is -1.14. The van der Waals surface area contributed by atoms with Crippen molar-refractivity contribution in [2.75, 3.05) is 0 Å². The zero-order chi connectivity index (χ0) is 14.3. The molecule has 0 aliphatic carbocycles. The zero-order valence-electron chi connectivity index (χ0n) is 10.7. The first-order chi connectivity index (χ1) is 9.60. The predicted molar refractivity (Wildman–Crippen MR) is 88.0 cm³/mol. The maximum absolute atomic E-state index is 13.8. The van der Waals surface area contributed by atoms with E-state index in [-0.39, 0.29) is 11.7 Å². The first-order valence-electron chi connectivity index (χ1n) is 6.09. The Morgan fingerprint density at radius 1 is 1.25 bits per heavy atom. The zero-order valence-corrected chi connectivity index (χ0v) is 13.6. The van der Waals surface area contributed by atoms with Crippen molar-refractivity contribution in [2.24, 2.45) is 0 Å². The Kier molecular flexibility index (Phi) is 3.69. The molecule has 0 amide bonds. The van der Waals surface area contributed by atoms with E-state index in [1.54, 1.807) is 6.07 Å². The monoisotopic (exact) mass is 400 g/mol. The molecule has 102 valence electrons. The first-order valence-corrected chi connectivity index (χ1v) is 7.71. The second-order valence-electron chi connectivity index (χ2n) is 4.59. The number of halogens is 3. The summed E-state index contributed by atoms with van der Waals surface area (Å²) in [6, 6.07) is 11.3. The van der Waals surface area contributed by atoms with Gasteiger partial charge in [-0.05, 0) is 47.7 Å². The number of rotatable bonds is 2. The average Bonchev–Trinajstić information content (AvgIpc) is 2.78. The van der Waals surface area contributed by atoms with Crippen molar-refractivity contribution < 1.29 is 4.39 Å². The molecule has 1 heterocycles. The number of imidazole rings is 1. The molecule has 3 rings (SSSR count). The van der Waals surface area contributed by atoms with Crippen LogP contribution < -0.4 is 0 Å². The fourth-order valence-electron chi connectivity index (χ4n) is 2.19. The van der Waals surface area contributed by atoms with Crippen LogP contribution in [0.25, 0.3) is 16.7 Å². The minimum Gasteiger partial charge on any atom is -0.295 e. The molecule has 0 spiro atoms. The molecule has 5 heteroatoms. The molecule has 0 bridgehead atoms. The topological polar surface area (TPSA) is 17.8 Å². The highest BCUT2D eigenvalue weighted by Crippen LogP contribution is 2.26. The lowest BCUT2D eigenvalue weighted by Crippen LogP contribution is -1.99. The summed E-state index contributed by atoms with van der Waals surface area (Å²) >= 11 is 7.95. The third-order valence-electron chi connectivity index (χ3n) is 3.18. The van der Waals surface area contributed by atoms with E-state index in [9.17, 15) is 4.39 Å². The van der Waals surface area contributed by atoms with E-state index in [2.05, 4.69) is 4.98 Å². The molecule has 0 aliphatic heterocycles. The number of benzene rings is 2. The fraction of sp³-hybridized carbons (Fsp3) is 0.133. The van der Waals surface area contributed by atoms with Crippen LogP contribution in [-0.4, -0.2) is 9.55 Å². The molecule has 1 aromatic heterocycles. The predicted octanol–water partition coefficient (Wildman–Crippen LogP) is 4.82. The minimum atomic E-state index is -0.243. The van der Waals surface area contributed by atoms with E-state index in [0.717, 1.165) is 16.7 Å². The van der Waals surface area contributed by atoms with Crippen molar-refractivity contribution in [3.8, 4) is 5.69 Å². The van der Waals surface area contributed by atoms with Crippen molar-refractivity contribution in [3.63, 3.8) is 0 Å². The van der Waals surface area contributed by atoms with Gasteiger partial charge in [-0.2, -0.15) is 0 Å². The number of nitrogens with zero attached hydrogens (tertiary/aromatic N) is 2. The van der Waals surface area contributed by atoms with Gasteiger partial charge < -0.3 is 0 Å². The molecule has 0 aliphatic rings. The molecular formula is C15H11ClFIN2. The standard InChI is InChI=1S/C15H11ClFIN2/c1-9-2-4-10(5-3-9)20-14-6-11(17)12(18)7-13(14)19-15(20)8-16/h2-7H,8H2,1H3. The first kappa shape index (κ1) is 13.8. The Morgan fingerprint density at radius 2 is 1.95 bits per heavy atom. The Morgan fingerprint density at radius 3 is 2.60 bits per heavy atom.